The summed E-state index contributed by atoms with van der Waals surface area (Å²) in [6.45, 7) is 4.09. The zero-order valence-electron chi connectivity index (χ0n) is 27.1. The maximum atomic E-state index is 2.50. The van der Waals surface area contributed by atoms with E-state index in [2.05, 4.69) is 165 Å². The van der Waals surface area contributed by atoms with E-state index in [1.54, 1.807) is 0 Å². The number of hydrogen-bond acceptors (Lipinski definition) is 4. The van der Waals surface area contributed by atoms with Crippen molar-refractivity contribution in [3.05, 3.63) is 146 Å². The molecule has 2 aliphatic heterocycles. The van der Waals surface area contributed by atoms with Crippen LogP contribution in [0.15, 0.2) is 166 Å². The first-order valence-corrected chi connectivity index (χ1v) is 18.7. The van der Waals surface area contributed by atoms with Crippen molar-refractivity contribution in [3.63, 3.8) is 0 Å². The van der Waals surface area contributed by atoms with Crippen LogP contribution in [-0.2, 0) is 13.1 Å². The minimum absolute atomic E-state index is 0. The molecule has 2 aliphatic rings. The van der Waals surface area contributed by atoms with Crippen LogP contribution in [0.25, 0.3) is 11.1 Å². The molecule has 0 saturated heterocycles. The van der Waals surface area contributed by atoms with Crippen LogP contribution in [0.2, 0.25) is 0 Å². The summed E-state index contributed by atoms with van der Waals surface area (Å²) in [6, 6.07) is 44.1. The number of unbranched alkanes of at least 4 members (excludes halogenated alkanes) is 2. The van der Waals surface area contributed by atoms with Crippen molar-refractivity contribution in [2.75, 3.05) is 22.9 Å². The fourth-order valence-electron chi connectivity index (χ4n) is 6.77. The van der Waals surface area contributed by atoms with Crippen molar-refractivity contribution >= 4 is 46.3 Å². The molecule has 0 amide bonds. The van der Waals surface area contributed by atoms with Gasteiger partial charge in [-0.15, -0.1) is 0 Å². The fraction of sp³-hybridized carbons (Fsp3) is 0.209. The lowest BCUT2D eigenvalue weighted by atomic mass is 10.1. The van der Waals surface area contributed by atoms with Gasteiger partial charge >= 0.3 is 0 Å². The number of aryl methyl sites for hydroxylation is 2. The predicted molar refractivity (Wildman–Crippen MR) is 205 cm³/mol. The van der Waals surface area contributed by atoms with Gasteiger partial charge in [0.05, 0.1) is 22.7 Å². The van der Waals surface area contributed by atoms with Crippen molar-refractivity contribution in [1.29, 1.82) is 0 Å². The number of fused-ring (bicyclic) bond motifs is 4. The number of nitrogens with zero attached hydrogens (tertiary/aromatic N) is 4. The number of para-hydroxylation sites is 4. The van der Waals surface area contributed by atoms with Crippen LogP contribution < -0.4 is 18.9 Å². The number of rotatable bonds is 11. The molecule has 0 aliphatic carbocycles. The van der Waals surface area contributed by atoms with E-state index in [9.17, 15) is 0 Å². The molecular formula is C43H44N4S2+2. The highest BCUT2D eigenvalue weighted by molar-refractivity contribution is 8.00. The summed E-state index contributed by atoms with van der Waals surface area (Å²) in [4.78, 5) is 10.4. The van der Waals surface area contributed by atoms with Gasteiger partial charge in [0.1, 0.15) is 13.1 Å². The van der Waals surface area contributed by atoms with Gasteiger partial charge in [-0.2, -0.15) is 0 Å². The molecule has 0 N–H and O–H groups in total. The van der Waals surface area contributed by atoms with Gasteiger partial charge in [0.25, 0.3) is 0 Å². The maximum absolute atomic E-state index is 2.50. The molecule has 0 spiro atoms. The van der Waals surface area contributed by atoms with Gasteiger partial charge in [-0.05, 0) is 72.5 Å². The lowest BCUT2D eigenvalue weighted by molar-refractivity contribution is -0.697. The monoisotopic (exact) mass is 680 g/mol. The molecule has 4 aromatic carbocycles. The van der Waals surface area contributed by atoms with E-state index in [-0.39, 0.29) is 7.43 Å². The van der Waals surface area contributed by atoms with Gasteiger partial charge in [0.15, 0.2) is 24.8 Å². The Labute approximate surface area is 300 Å². The summed E-state index contributed by atoms with van der Waals surface area (Å²) in [6.07, 6.45) is 13.5. The number of aromatic nitrogens is 2. The normalized spacial score (nSPS) is 12.7. The van der Waals surface area contributed by atoms with Gasteiger partial charge in [-0.1, -0.05) is 79.5 Å². The van der Waals surface area contributed by atoms with Gasteiger partial charge in [-0.25, -0.2) is 9.13 Å². The van der Waals surface area contributed by atoms with Crippen molar-refractivity contribution in [1.82, 2.24) is 0 Å². The number of hydrogen-bond donors (Lipinski definition) is 0. The molecule has 0 unspecified atom stereocenters. The molecule has 0 atom stereocenters. The van der Waals surface area contributed by atoms with Gasteiger partial charge in [-0.3, -0.25) is 0 Å². The SMILES string of the molecule is C.c1ccc2c(c1)Sc1ccccc1N2CCCC[n+]1ccc(-c2cc[n+](CCCCN3c4ccccc4Sc4ccccc43)cc2)cc1. The Bertz CT molecular complexity index is 1770. The Kier molecular flexibility index (Phi) is 10.3. The second kappa shape index (κ2) is 15.4. The smallest absolute Gasteiger partial charge is 0.169 e. The summed E-state index contributed by atoms with van der Waals surface area (Å²) in [5.41, 5.74) is 7.84. The lowest BCUT2D eigenvalue weighted by Crippen LogP contribution is -2.33. The van der Waals surface area contributed by atoms with Crippen LogP contribution >= 0.6 is 23.5 Å². The van der Waals surface area contributed by atoms with Gasteiger partial charge in [0, 0.05) is 69.8 Å². The van der Waals surface area contributed by atoms with Crippen LogP contribution in [0.3, 0.4) is 0 Å². The first-order valence-electron chi connectivity index (χ1n) is 17.1. The van der Waals surface area contributed by atoms with Crippen LogP contribution in [0, 0.1) is 0 Å². The van der Waals surface area contributed by atoms with Crippen LogP contribution in [0.1, 0.15) is 33.1 Å². The highest BCUT2D eigenvalue weighted by Gasteiger charge is 2.23. The van der Waals surface area contributed by atoms with Gasteiger partial charge < -0.3 is 9.80 Å². The van der Waals surface area contributed by atoms with E-state index >= 15 is 0 Å². The quantitative estimate of drug-likeness (QED) is 0.0998. The van der Waals surface area contributed by atoms with E-state index in [1.807, 2.05) is 23.5 Å². The average molecular weight is 681 g/mol. The van der Waals surface area contributed by atoms with Crippen molar-refractivity contribution in [3.8, 4) is 11.1 Å². The zero-order chi connectivity index (χ0) is 32.1. The molecule has 0 saturated carbocycles. The van der Waals surface area contributed by atoms with Crippen molar-refractivity contribution < 1.29 is 9.13 Å². The molecule has 6 heteroatoms. The largest absolute Gasteiger partial charge is 0.340 e. The van der Waals surface area contributed by atoms with Crippen LogP contribution in [0.5, 0.6) is 0 Å². The Morgan fingerprint density at radius 3 is 1.02 bits per heavy atom. The van der Waals surface area contributed by atoms with Gasteiger partial charge in [0.2, 0.25) is 0 Å². The maximum Gasteiger partial charge on any atom is 0.169 e. The second-order valence-corrected chi connectivity index (χ2v) is 14.6. The Morgan fingerprint density at radius 2 is 0.694 bits per heavy atom. The zero-order valence-corrected chi connectivity index (χ0v) is 28.8. The molecule has 246 valence electrons. The third-order valence-electron chi connectivity index (χ3n) is 9.28. The summed E-state index contributed by atoms with van der Waals surface area (Å²) in [5.74, 6) is 0. The summed E-state index contributed by atoms with van der Waals surface area (Å²) >= 11 is 3.76. The van der Waals surface area contributed by atoms with E-state index in [4.69, 9.17) is 0 Å². The van der Waals surface area contributed by atoms with E-state index in [0.29, 0.717) is 0 Å². The van der Waals surface area contributed by atoms with E-state index in [1.165, 1.54) is 53.5 Å². The Morgan fingerprint density at radius 1 is 0.388 bits per heavy atom. The fourth-order valence-corrected chi connectivity index (χ4v) is 8.96. The number of anilines is 4. The molecule has 0 bridgehead atoms. The average Bonchev–Trinajstić information content (AvgIpc) is 3.14. The summed E-state index contributed by atoms with van der Waals surface area (Å²) < 4.78 is 4.64. The van der Waals surface area contributed by atoms with E-state index in [0.717, 1.165) is 51.9 Å². The van der Waals surface area contributed by atoms with E-state index < -0.39 is 0 Å². The molecule has 6 aromatic rings. The molecular weight excluding hydrogens is 637 g/mol. The third-order valence-corrected chi connectivity index (χ3v) is 11.5. The highest BCUT2D eigenvalue weighted by Crippen LogP contribution is 2.49. The lowest BCUT2D eigenvalue weighted by Gasteiger charge is -2.32. The summed E-state index contributed by atoms with van der Waals surface area (Å²) in [7, 11) is 0. The third kappa shape index (κ3) is 7.26. The Hall–Kier alpha value is -4.52. The van der Waals surface area contributed by atoms with Crippen molar-refractivity contribution in [2.45, 2.75) is 65.8 Å². The molecule has 0 radical (unpaired) electrons. The Balaban J connectivity index is 0.00000378. The van der Waals surface area contributed by atoms with Crippen molar-refractivity contribution in [2.24, 2.45) is 0 Å². The molecule has 4 heterocycles. The summed E-state index contributed by atoms with van der Waals surface area (Å²) in [5, 5.41) is 0. The first-order chi connectivity index (χ1) is 23.8. The first kappa shape index (κ1) is 33.0. The predicted octanol–water partition coefficient (Wildman–Crippen LogP) is 10.7. The number of pyridine rings is 2. The molecule has 2 aromatic heterocycles. The van der Waals surface area contributed by atoms with Crippen LogP contribution in [0.4, 0.5) is 22.7 Å². The topological polar surface area (TPSA) is 14.2 Å². The standard InChI is InChI=1S/C42H40N4S2.CH4/c1-5-17-39-35(13-1)45(36-14-2-6-18-40(36)47-39)27-11-9-25-43-29-21-33(22-30-43)34-23-31-44(32-24-34)26-10-12-28-46-37-15-3-7-19-41(37)48-42-20-8-4-16-38(42)46;/h1-8,13-24,29-32H,9-12,25-28H2;1H4/q+2;. The number of benzene rings is 4. The molecule has 49 heavy (non-hydrogen) atoms. The second-order valence-electron chi connectivity index (χ2n) is 12.4. The highest BCUT2D eigenvalue weighted by atomic mass is 32.2. The molecule has 4 nitrogen and oxygen atoms in total. The molecule has 0 fully saturated rings. The minimum atomic E-state index is 0. The van der Waals surface area contributed by atoms with Crippen LogP contribution in [-0.4, -0.2) is 13.1 Å². The minimum Gasteiger partial charge on any atom is -0.340 e. The molecule has 8 rings (SSSR count).